The van der Waals surface area contributed by atoms with Crippen molar-refractivity contribution < 1.29 is 0 Å². The van der Waals surface area contributed by atoms with Crippen molar-refractivity contribution in [3.05, 3.63) is 31.4 Å². The molecular weight excluding hydrogens is 282 g/mol. The average Bonchev–Trinajstić information content (AvgIpc) is 2.67. The largest absolute Gasteiger partial charge is 0.299 e. The smallest absolute Gasteiger partial charge is 0.195 e. The van der Waals surface area contributed by atoms with Gasteiger partial charge in [-0.3, -0.25) is 9.67 Å². The second kappa shape index (κ2) is 3.96. The Morgan fingerprint density at radius 1 is 1.71 bits per heavy atom. The molecule has 3 nitrogen and oxygen atoms in total. The molecule has 0 bridgehead atoms. The van der Waals surface area contributed by atoms with Crippen molar-refractivity contribution in [2.24, 2.45) is 0 Å². The van der Waals surface area contributed by atoms with Gasteiger partial charge in [0, 0.05) is 14.7 Å². The van der Waals surface area contributed by atoms with Gasteiger partial charge >= 0.3 is 0 Å². The molecule has 0 spiro atoms. The molecule has 2 heterocycles. The summed E-state index contributed by atoms with van der Waals surface area (Å²) in [6, 6.07) is 2.10. The van der Waals surface area contributed by atoms with E-state index in [4.69, 9.17) is 12.2 Å². The van der Waals surface area contributed by atoms with Crippen LogP contribution < -0.4 is 0 Å². The van der Waals surface area contributed by atoms with Crippen molar-refractivity contribution in [2.45, 2.75) is 13.5 Å². The molecule has 0 saturated heterocycles. The molecule has 2 aromatic rings. The lowest BCUT2D eigenvalue weighted by Crippen LogP contribution is -2.00. The summed E-state index contributed by atoms with van der Waals surface area (Å²) in [6.45, 7) is 2.73. The van der Waals surface area contributed by atoms with E-state index in [-0.39, 0.29) is 0 Å². The molecule has 2 rings (SSSR count). The molecule has 6 heteroatoms. The van der Waals surface area contributed by atoms with E-state index in [0.29, 0.717) is 4.77 Å². The van der Waals surface area contributed by atoms with Gasteiger partial charge in [-0.25, -0.2) is 0 Å². The highest BCUT2D eigenvalue weighted by Crippen LogP contribution is 2.20. The molecule has 0 aliphatic carbocycles. The normalized spacial score (nSPS) is 10.7. The van der Waals surface area contributed by atoms with E-state index < -0.39 is 0 Å². The second-order valence-electron chi connectivity index (χ2n) is 2.89. The van der Waals surface area contributed by atoms with Gasteiger partial charge in [-0.1, -0.05) is 0 Å². The highest BCUT2D eigenvalue weighted by Gasteiger charge is 2.03. The van der Waals surface area contributed by atoms with E-state index in [2.05, 4.69) is 37.6 Å². The average molecular weight is 290 g/mol. The Labute approximate surface area is 98.9 Å². The van der Waals surface area contributed by atoms with E-state index in [0.717, 1.165) is 16.8 Å². The number of aromatic nitrogens is 3. The summed E-state index contributed by atoms with van der Waals surface area (Å²) in [5.41, 5.74) is 0. The van der Waals surface area contributed by atoms with Crippen molar-refractivity contribution in [3.63, 3.8) is 0 Å². The van der Waals surface area contributed by atoms with Crippen LogP contribution in [0.2, 0.25) is 0 Å². The fourth-order valence-corrected chi connectivity index (χ4v) is 2.86. The van der Waals surface area contributed by atoms with Gasteiger partial charge in [-0.15, -0.1) is 11.3 Å². The molecule has 2 aromatic heterocycles. The molecule has 1 N–H and O–H groups in total. The maximum absolute atomic E-state index is 5.12. The van der Waals surface area contributed by atoms with Gasteiger partial charge in [0.1, 0.15) is 5.82 Å². The Morgan fingerprint density at radius 3 is 3.00 bits per heavy atom. The summed E-state index contributed by atoms with van der Waals surface area (Å²) in [5.74, 6) is 0.916. The second-order valence-corrected chi connectivity index (χ2v) is 5.19. The quantitative estimate of drug-likeness (QED) is 0.862. The number of aryl methyl sites for hydroxylation is 1. The molecular formula is C8H8BrN3S2. The van der Waals surface area contributed by atoms with Crippen molar-refractivity contribution in [1.29, 1.82) is 0 Å². The molecule has 0 aliphatic heterocycles. The first kappa shape index (κ1) is 10.1. The first-order valence-electron chi connectivity index (χ1n) is 4.01. The molecule has 14 heavy (non-hydrogen) atoms. The number of nitrogens with zero attached hydrogens (tertiary/aromatic N) is 2. The van der Waals surface area contributed by atoms with E-state index in [9.17, 15) is 0 Å². The molecule has 0 unspecified atom stereocenters. The molecule has 74 valence electrons. The summed E-state index contributed by atoms with van der Waals surface area (Å²) in [5, 5.41) is 8.89. The lowest BCUT2D eigenvalue weighted by atomic mass is 10.4. The third-order valence-electron chi connectivity index (χ3n) is 1.88. The third-order valence-corrected chi connectivity index (χ3v) is 3.88. The lowest BCUT2D eigenvalue weighted by molar-refractivity contribution is 0.761. The lowest BCUT2D eigenvalue weighted by Gasteiger charge is -2.00. The van der Waals surface area contributed by atoms with Gasteiger partial charge < -0.3 is 0 Å². The highest BCUT2D eigenvalue weighted by molar-refractivity contribution is 9.10. The first-order valence-corrected chi connectivity index (χ1v) is 6.09. The predicted molar refractivity (Wildman–Crippen MR) is 63.3 cm³/mol. The SMILES string of the molecule is Cc1n[nH]c(=S)n1Cc1cc(Br)cs1. The molecule has 0 fully saturated rings. The van der Waals surface area contributed by atoms with E-state index in [1.165, 1.54) is 4.88 Å². The van der Waals surface area contributed by atoms with Gasteiger partial charge in [-0.2, -0.15) is 5.10 Å². The minimum absolute atomic E-state index is 0.673. The van der Waals surface area contributed by atoms with Gasteiger partial charge in [0.15, 0.2) is 4.77 Å². The van der Waals surface area contributed by atoms with Crippen molar-refractivity contribution >= 4 is 39.5 Å². The number of hydrogen-bond donors (Lipinski definition) is 1. The van der Waals surface area contributed by atoms with Crippen LogP contribution in [0.25, 0.3) is 0 Å². The topological polar surface area (TPSA) is 33.6 Å². The molecule has 0 amide bonds. The highest BCUT2D eigenvalue weighted by atomic mass is 79.9. The number of rotatable bonds is 2. The maximum Gasteiger partial charge on any atom is 0.195 e. The van der Waals surface area contributed by atoms with Crippen LogP contribution in [-0.4, -0.2) is 14.8 Å². The van der Waals surface area contributed by atoms with Crippen molar-refractivity contribution in [1.82, 2.24) is 14.8 Å². The molecule has 0 atom stereocenters. The van der Waals surface area contributed by atoms with Crippen LogP contribution in [0.5, 0.6) is 0 Å². The third kappa shape index (κ3) is 1.97. The number of halogens is 1. The van der Waals surface area contributed by atoms with Crippen LogP contribution in [0, 0.1) is 11.7 Å². The van der Waals surface area contributed by atoms with Crippen LogP contribution in [-0.2, 0) is 6.54 Å². The van der Waals surface area contributed by atoms with Crippen molar-refractivity contribution in [2.75, 3.05) is 0 Å². The summed E-state index contributed by atoms with van der Waals surface area (Å²) >= 11 is 10.3. The Bertz CT molecular complexity index is 497. The summed E-state index contributed by atoms with van der Waals surface area (Å²) in [4.78, 5) is 1.26. The van der Waals surface area contributed by atoms with E-state index in [1.54, 1.807) is 11.3 Å². The predicted octanol–water partition coefficient (Wildman–Crippen LogP) is 3.12. The Kier molecular flexibility index (Phi) is 2.85. The zero-order valence-corrected chi connectivity index (χ0v) is 10.7. The minimum atomic E-state index is 0.673. The summed E-state index contributed by atoms with van der Waals surface area (Å²) in [7, 11) is 0. The number of aromatic amines is 1. The van der Waals surface area contributed by atoms with Crippen LogP contribution in [0.15, 0.2) is 15.9 Å². The van der Waals surface area contributed by atoms with Crippen LogP contribution >= 0.6 is 39.5 Å². The summed E-state index contributed by atoms with van der Waals surface area (Å²) in [6.07, 6.45) is 0. The van der Waals surface area contributed by atoms with E-state index >= 15 is 0 Å². The zero-order valence-electron chi connectivity index (χ0n) is 7.45. The molecule has 0 aliphatic rings. The van der Waals surface area contributed by atoms with E-state index in [1.807, 2.05) is 11.5 Å². The zero-order chi connectivity index (χ0) is 10.1. The Balaban J connectivity index is 2.31. The molecule has 0 saturated carbocycles. The van der Waals surface area contributed by atoms with Gasteiger partial charge in [-0.05, 0) is 41.1 Å². The fraction of sp³-hybridized carbons (Fsp3) is 0.250. The Morgan fingerprint density at radius 2 is 2.50 bits per heavy atom. The van der Waals surface area contributed by atoms with Crippen LogP contribution in [0.3, 0.4) is 0 Å². The van der Waals surface area contributed by atoms with Crippen LogP contribution in [0.4, 0.5) is 0 Å². The fourth-order valence-electron chi connectivity index (χ4n) is 1.18. The van der Waals surface area contributed by atoms with Gasteiger partial charge in [0.25, 0.3) is 0 Å². The van der Waals surface area contributed by atoms with Gasteiger partial charge in [0.05, 0.1) is 6.54 Å². The summed E-state index contributed by atoms with van der Waals surface area (Å²) < 4.78 is 3.77. The first-order chi connectivity index (χ1) is 6.66. The van der Waals surface area contributed by atoms with Crippen molar-refractivity contribution in [3.8, 4) is 0 Å². The minimum Gasteiger partial charge on any atom is -0.299 e. The number of thiophene rings is 1. The number of H-pyrrole nitrogens is 1. The molecule has 0 aromatic carbocycles. The Hall–Kier alpha value is -0.460. The number of hydrogen-bond acceptors (Lipinski definition) is 3. The monoisotopic (exact) mass is 289 g/mol. The molecule has 0 radical (unpaired) electrons. The number of nitrogens with one attached hydrogen (secondary N) is 1. The van der Waals surface area contributed by atoms with Gasteiger partial charge in [0.2, 0.25) is 0 Å². The maximum atomic E-state index is 5.12. The van der Waals surface area contributed by atoms with Crippen LogP contribution in [0.1, 0.15) is 10.7 Å². The standard InChI is InChI=1S/C8H8BrN3S2/c1-5-10-11-8(13)12(5)3-7-2-6(9)4-14-7/h2,4H,3H2,1H3,(H,11,13).